The summed E-state index contributed by atoms with van der Waals surface area (Å²) in [6, 6.07) is 12.7. The lowest BCUT2D eigenvalue weighted by atomic mass is 9.98. The van der Waals surface area contributed by atoms with E-state index in [4.69, 9.17) is 4.74 Å². The number of benzene rings is 2. The first kappa shape index (κ1) is 25.6. The van der Waals surface area contributed by atoms with Crippen LogP contribution in [0.1, 0.15) is 32.1 Å². The van der Waals surface area contributed by atoms with E-state index in [0.29, 0.717) is 38.2 Å². The maximum atomic E-state index is 13.3. The predicted molar refractivity (Wildman–Crippen MR) is 132 cm³/mol. The fourth-order valence-electron chi connectivity index (χ4n) is 4.56. The van der Waals surface area contributed by atoms with E-state index in [1.54, 1.807) is 36.4 Å². The van der Waals surface area contributed by atoms with Crippen molar-refractivity contribution in [3.8, 4) is 5.75 Å². The number of anilines is 1. The molecule has 1 unspecified atom stereocenters. The summed E-state index contributed by atoms with van der Waals surface area (Å²) in [5.41, 5.74) is 0.328. The van der Waals surface area contributed by atoms with Gasteiger partial charge in [0.1, 0.15) is 10.6 Å². The van der Waals surface area contributed by atoms with E-state index in [2.05, 4.69) is 5.32 Å². The molecule has 2 heterocycles. The molecule has 9 nitrogen and oxygen atoms in total. The Balaban J connectivity index is 1.51. The van der Waals surface area contributed by atoms with Gasteiger partial charge in [0.2, 0.25) is 26.0 Å². The van der Waals surface area contributed by atoms with Crippen molar-refractivity contribution in [2.24, 2.45) is 5.92 Å². The highest BCUT2D eigenvalue weighted by atomic mass is 32.2. The number of nitrogens with one attached hydrogen (secondary N) is 1. The number of rotatable bonds is 7. The summed E-state index contributed by atoms with van der Waals surface area (Å²) in [6.07, 6.45) is 3.71. The van der Waals surface area contributed by atoms with Crippen LogP contribution in [0.15, 0.2) is 58.3 Å². The molecule has 35 heavy (non-hydrogen) atoms. The fourth-order valence-corrected chi connectivity index (χ4v) is 7.80. The molecule has 2 aromatic carbocycles. The number of sulfonamides is 2. The van der Waals surface area contributed by atoms with E-state index in [1.165, 1.54) is 27.9 Å². The summed E-state index contributed by atoms with van der Waals surface area (Å²) in [5.74, 6) is -0.678. The number of nitrogens with zero attached hydrogens (tertiary/aromatic N) is 2. The molecule has 2 aliphatic heterocycles. The lowest BCUT2D eigenvalue weighted by molar-refractivity contribution is -0.120. The number of hydrogen-bond acceptors (Lipinski definition) is 6. The number of ether oxygens (including phenoxy) is 1. The number of methoxy groups -OCH3 is 1. The fraction of sp³-hybridized carbons (Fsp3) is 0.458. The number of carbonyl (C=O) groups excluding carboxylic acids is 1. The summed E-state index contributed by atoms with van der Waals surface area (Å²) in [7, 11) is -6.06. The lowest BCUT2D eigenvalue weighted by Crippen LogP contribution is -2.43. The zero-order valence-electron chi connectivity index (χ0n) is 19.7. The molecule has 1 amide bonds. The molecule has 2 aliphatic rings. The minimum absolute atomic E-state index is 0.0108. The van der Waals surface area contributed by atoms with Crippen molar-refractivity contribution in [3.63, 3.8) is 0 Å². The Hall–Kier alpha value is -2.47. The number of hydrogen-bond donors (Lipinski definition) is 1. The SMILES string of the molecule is COc1ccc(NC(=O)C2CCCN(S(=O)(=O)c3ccccc3)C2)cc1S(=O)(=O)N1CCCCC1. The summed E-state index contributed by atoms with van der Waals surface area (Å²) in [5, 5.41) is 2.79. The van der Waals surface area contributed by atoms with Crippen LogP contribution >= 0.6 is 0 Å². The summed E-state index contributed by atoms with van der Waals surface area (Å²) in [4.78, 5) is 13.3. The molecule has 2 saturated heterocycles. The third kappa shape index (κ3) is 5.53. The molecule has 0 spiro atoms. The van der Waals surface area contributed by atoms with Crippen molar-refractivity contribution >= 4 is 31.6 Å². The minimum Gasteiger partial charge on any atom is -0.495 e. The molecule has 0 aromatic heterocycles. The Labute approximate surface area is 207 Å². The predicted octanol–water partition coefficient (Wildman–Crippen LogP) is 2.91. The topological polar surface area (TPSA) is 113 Å². The number of amides is 1. The van der Waals surface area contributed by atoms with Gasteiger partial charge in [0.05, 0.1) is 17.9 Å². The average molecular weight is 522 g/mol. The van der Waals surface area contributed by atoms with Crippen LogP contribution in [0, 0.1) is 5.92 Å². The zero-order valence-corrected chi connectivity index (χ0v) is 21.4. The van der Waals surface area contributed by atoms with Crippen LogP contribution in [0.3, 0.4) is 0 Å². The third-order valence-corrected chi connectivity index (χ3v) is 10.3. The summed E-state index contributed by atoms with van der Waals surface area (Å²) in [6.45, 7) is 1.33. The van der Waals surface area contributed by atoms with Crippen LogP contribution < -0.4 is 10.1 Å². The van der Waals surface area contributed by atoms with Crippen molar-refractivity contribution in [1.82, 2.24) is 8.61 Å². The normalized spacial score (nSPS) is 20.3. The Bertz CT molecular complexity index is 1260. The van der Waals surface area contributed by atoms with Gasteiger partial charge in [-0.15, -0.1) is 0 Å². The molecule has 0 radical (unpaired) electrons. The van der Waals surface area contributed by atoms with E-state index in [0.717, 1.165) is 19.3 Å². The Morgan fingerprint density at radius 3 is 2.26 bits per heavy atom. The van der Waals surface area contributed by atoms with Gasteiger partial charge >= 0.3 is 0 Å². The Morgan fingerprint density at radius 1 is 0.886 bits per heavy atom. The summed E-state index contributed by atoms with van der Waals surface area (Å²) < 4.78 is 60.6. The number of carbonyl (C=O) groups is 1. The molecule has 0 bridgehead atoms. The highest BCUT2D eigenvalue weighted by molar-refractivity contribution is 7.89. The van der Waals surface area contributed by atoms with Crippen molar-refractivity contribution in [2.45, 2.75) is 41.9 Å². The highest BCUT2D eigenvalue weighted by Crippen LogP contribution is 2.32. The largest absolute Gasteiger partial charge is 0.495 e. The van der Waals surface area contributed by atoms with Crippen LogP contribution in [-0.2, 0) is 24.8 Å². The molecule has 4 rings (SSSR count). The van der Waals surface area contributed by atoms with Gasteiger partial charge in [-0.05, 0) is 56.0 Å². The lowest BCUT2D eigenvalue weighted by Gasteiger charge is -2.31. The molecular weight excluding hydrogens is 490 g/mol. The van der Waals surface area contributed by atoms with Crippen LogP contribution in [0.4, 0.5) is 5.69 Å². The van der Waals surface area contributed by atoms with E-state index < -0.39 is 26.0 Å². The highest BCUT2D eigenvalue weighted by Gasteiger charge is 2.34. The van der Waals surface area contributed by atoms with Crippen molar-refractivity contribution in [3.05, 3.63) is 48.5 Å². The van der Waals surface area contributed by atoms with Gasteiger partial charge in [0, 0.05) is 31.9 Å². The van der Waals surface area contributed by atoms with E-state index in [-0.39, 0.29) is 28.0 Å². The smallest absolute Gasteiger partial charge is 0.246 e. The molecule has 1 N–H and O–H groups in total. The molecule has 1 atom stereocenters. The maximum Gasteiger partial charge on any atom is 0.246 e. The Kier molecular flexibility index (Phi) is 7.80. The molecular formula is C24H31N3O6S2. The number of piperidine rings is 2. The van der Waals surface area contributed by atoms with Gasteiger partial charge < -0.3 is 10.1 Å². The van der Waals surface area contributed by atoms with E-state index in [1.807, 2.05) is 0 Å². The molecule has 2 aromatic rings. The second kappa shape index (κ2) is 10.7. The first-order valence-electron chi connectivity index (χ1n) is 11.8. The third-order valence-electron chi connectivity index (χ3n) is 6.50. The molecule has 0 saturated carbocycles. The molecule has 0 aliphatic carbocycles. The van der Waals surface area contributed by atoms with Crippen molar-refractivity contribution in [1.29, 1.82) is 0 Å². The first-order chi connectivity index (χ1) is 16.7. The Morgan fingerprint density at radius 2 is 1.57 bits per heavy atom. The molecule has 2 fully saturated rings. The minimum atomic E-state index is -3.78. The summed E-state index contributed by atoms with van der Waals surface area (Å²) >= 11 is 0. The van der Waals surface area contributed by atoms with Crippen LogP contribution in [0.5, 0.6) is 5.75 Å². The van der Waals surface area contributed by atoms with Gasteiger partial charge in [-0.1, -0.05) is 24.6 Å². The second-order valence-electron chi connectivity index (χ2n) is 8.83. The van der Waals surface area contributed by atoms with Crippen LogP contribution in [0.2, 0.25) is 0 Å². The molecule has 190 valence electrons. The van der Waals surface area contributed by atoms with Crippen molar-refractivity contribution in [2.75, 3.05) is 38.6 Å². The second-order valence-corrected chi connectivity index (χ2v) is 12.7. The van der Waals surface area contributed by atoms with Gasteiger partial charge in [0.25, 0.3) is 0 Å². The van der Waals surface area contributed by atoms with Gasteiger partial charge in [-0.3, -0.25) is 4.79 Å². The average Bonchev–Trinajstić information content (AvgIpc) is 2.89. The van der Waals surface area contributed by atoms with Gasteiger partial charge in [-0.25, -0.2) is 16.8 Å². The van der Waals surface area contributed by atoms with Crippen molar-refractivity contribution < 1.29 is 26.4 Å². The van der Waals surface area contributed by atoms with E-state index >= 15 is 0 Å². The van der Waals surface area contributed by atoms with Crippen LogP contribution in [-0.4, -0.2) is 64.6 Å². The van der Waals surface area contributed by atoms with Gasteiger partial charge in [0.15, 0.2) is 0 Å². The van der Waals surface area contributed by atoms with Gasteiger partial charge in [-0.2, -0.15) is 8.61 Å². The first-order valence-corrected chi connectivity index (χ1v) is 14.7. The quantitative estimate of drug-likeness (QED) is 0.600. The van der Waals surface area contributed by atoms with E-state index in [9.17, 15) is 21.6 Å². The monoisotopic (exact) mass is 521 g/mol. The molecule has 11 heteroatoms. The maximum absolute atomic E-state index is 13.3. The zero-order chi connectivity index (χ0) is 25.1. The standard InChI is InChI=1S/C24H31N3O6S2/c1-33-22-13-12-20(17-23(22)35(31,32)26-14-6-3-7-15-26)25-24(28)19-9-8-16-27(18-19)34(29,30)21-10-4-2-5-11-21/h2,4-5,10-13,17,19H,3,6-9,14-16,18H2,1H3,(H,25,28). The van der Waals surface area contributed by atoms with Crippen LogP contribution in [0.25, 0.3) is 0 Å².